The second-order valence-electron chi connectivity index (χ2n) is 4.78. The number of aryl methyl sites for hydroxylation is 1. The standard InChI is InChI=1S/C16H11NO/c1-10-6-7-14-11(8-10)9-15-12-4-2-3-5-13(12)16(18)17(14)15/h2-9H,1H3. The van der Waals surface area contributed by atoms with E-state index in [9.17, 15) is 4.79 Å². The molecule has 0 spiro atoms. The van der Waals surface area contributed by atoms with Crippen molar-refractivity contribution in [2.45, 2.75) is 6.92 Å². The highest BCUT2D eigenvalue weighted by Gasteiger charge is 2.27. The van der Waals surface area contributed by atoms with Crippen LogP contribution in [0.2, 0.25) is 0 Å². The molecule has 0 saturated heterocycles. The number of nitrogens with zero attached hydrogens (tertiary/aromatic N) is 1. The van der Waals surface area contributed by atoms with Crippen LogP contribution in [0.4, 0.5) is 0 Å². The van der Waals surface area contributed by atoms with E-state index in [1.54, 1.807) is 0 Å². The lowest BCUT2D eigenvalue weighted by atomic mass is 10.1. The molecule has 0 aliphatic carbocycles. The van der Waals surface area contributed by atoms with Gasteiger partial charge in [0.15, 0.2) is 0 Å². The molecule has 0 N–H and O–H groups in total. The van der Waals surface area contributed by atoms with Gasteiger partial charge in [-0.05, 0) is 31.2 Å². The number of carbonyl (C=O) groups is 1. The van der Waals surface area contributed by atoms with E-state index in [0.717, 1.165) is 27.7 Å². The Balaban J connectivity index is 2.15. The summed E-state index contributed by atoms with van der Waals surface area (Å²) in [6.07, 6.45) is 0. The van der Waals surface area contributed by atoms with Crippen molar-refractivity contribution in [3.05, 3.63) is 59.7 Å². The number of fused-ring (bicyclic) bond motifs is 5. The highest BCUT2D eigenvalue weighted by atomic mass is 16.2. The average Bonchev–Trinajstić information content (AvgIpc) is 2.87. The van der Waals surface area contributed by atoms with Gasteiger partial charge in [-0.15, -0.1) is 0 Å². The Labute approximate surface area is 104 Å². The Morgan fingerprint density at radius 1 is 0.944 bits per heavy atom. The minimum atomic E-state index is 0.0828. The third kappa shape index (κ3) is 1.05. The summed E-state index contributed by atoms with van der Waals surface area (Å²) < 4.78 is 1.82. The lowest BCUT2D eigenvalue weighted by molar-refractivity contribution is 0.0973. The molecule has 1 aliphatic rings. The molecule has 3 aromatic rings. The molecule has 4 rings (SSSR count). The minimum absolute atomic E-state index is 0.0828. The van der Waals surface area contributed by atoms with Crippen molar-refractivity contribution in [2.24, 2.45) is 0 Å². The minimum Gasteiger partial charge on any atom is -0.276 e. The molecular formula is C16H11NO. The van der Waals surface area contributed by atoms with E-state index >= 15 is 0 Å². The van der Waals surface area contributed by atoms with Gasteiger partial charge in [-0.3, -0.25) is 9.36 Å². The van der Waals surface area contributed by atoms with Crippen molar-refractivity contribution in [3.8, 4) is 11.3 Å². The van der Waals surface area contributed by atoms with Crippen molar-refractivity contribution in [3.63, 3.8) is 0 Å². The van der Waals surface area contributed by atoms with Gasteiger partial charge in [0.25, 0.3) is 5.91 Å². The SMILES string of the molecule is Cc1ccc2c(c1)cc1n2C(=O)c2ccccc2-1. The van der Waals surface area contributed by atoms with Gasteiger partial charge in [0.2, 0.25) is 0 Å². The summed E-state index contributed by atoms with van der Waals surface area (Å²) in [6.45, 7) is 2.07. The molecule has 86 valence electrons. The molecule has 2 heterocycles. The summed E-state index contributed by atoms with van der Waals surface area (Å²) in [5.74, 6) is 0.0828. The first-order valence-corrected chi connectivity index (χ1v) is 6.02. The van der Waals surface area contributed by atoms with E-state index in [0.29, 0.717) is 0 Å². The molecule has 0 amide bonds. The van der Waals surface area contributed by atoms with Crippen LogP contribution in [0.1, 0.15) is 15.9 Å². The molecule has 0 fully saturated rings. The van der Waals surface area contributed by atoms with Crippen molar-refractivity contribution in [1.29, 1.82) is 0 Å². The third-order valence-electron chi connectivity index (χ3n) is 3.59. The third-order valence-corrected chi connectivity index (χ3v) is 3.59. The van der Waals surface area contributed by atoms with Crippen LogP contribution in [0, 0.1) is 6.92 Å². The molecule has 2 nitrogen and oxygen atoms in total. The summed E-state index contributed by atoms with van der Waals surface area (Å²) in [5, 5.41) is 1.13. The molecule has 2 heteroatoms. The van der Waals surface area contributed by atoms with Crippen LogP contribution in [-0.2, 0) is 0 Å². The highest BCUT2D eigenvalue weighted by molar-refractivity contribution is 6.14. The van der Waals surface area contributed by atoms with Crippen molar-refractivity contribution >= 4 is 16.8 Å². The predicted octanol–water partition coefficient (Wildman–Crippen LogP) is 3.62. The summed E-state index contributed by atoms with van der Waals surface area (Å²) in [5.41, 5.74) is 5.06. The van der Waals surface area contributed by atoms with Gasteiger partial charge in [0.1, 0.15) is 0 Å². The fourth-order valence-electron chi connectivity index (χ4n) is 2.77. The van der Waals surface area contributed by atoms with Crippen molar-refractivity contribution < 1.29 is 4.79 Å². The zero-order valence-electron chi connectivity index (χ0n) is 9.97. The first-order chi connectivity index (χ1) is 8.75. The van der Waals surface area contributed by atoms with Gasteiger partial charge in [-0.25, -0.2) is 0 Å². The van der Waals surface area contributed by atoms with Gasteiger partial charge >= 0.3 is 0 Å². The molecule has 0 unspecified atom stereocenters. The Morgan fingerprint density at radius 2 is 1.72 bits per heavy atom. The van der Waals surface area contributed by atoms with Gasteiger partial charge in [-0.2, -0.15) is 0 Å². The van der Waals surface area contributed by atoms with Crippen LogP contribution in [0.15, 0.2) is 48.5 Å². The summed E-state index contributed by atoms with van der Waals surface area (Å²) in [4.78, 5) is 12.4. The zero-order chi connectivity index (χ0) is 12.3. The Hall–Kier alpha value is -2.35. The van der Waals surface area contributed by atoms with Crippen LogP contribution < -0.4 is 0 Å². The van der Waals surface area contributed by atoms with Crippen LogP contribution in [0.5, 0.6) is 0 Å². The molecule has 0 radical (unpaired) electrons. The van der Waals surface area contributed by atoms with Crippen LogP contribution in [0.25, 0.3) is 22.2 Å². The van der Waals surface area contributed by atoms with Crippen LogP contribution in [0.3, 0.4) is 0 Å². The molecular weight excluding hydrogens is 222 g/mol. The monoisotopic (exact) mass is 233 g/mol. The first kappa shape index (κ1) is 9.66. The number of carbonyl (C=O) groups excluding carboxylic acids is 1. The average molecular weight is 233 g/mol. The second kappa shape index (κ2) is 3.10. The lowest BCUT2D eigenvalue weighted by Crippen LogP contribution is -2.05. The molecule has 0 bridgehead atoms. The smallest absolute Gasteiger partial charge is 0.263 e. The number of aromatic nitrogens is 1. The zero-order valence-corrected chi connectivity index (χ0v) is 9.97. The quantitative estimate of drug-likeness (QED) is 0.454. The Morgan fingerprint density at radius 3 is 2.56 bits per heavy atom. The normalized spacial score (nSPS) is 12.8. The van der Waals surface area contributed by atoms with Crippen molar-refractivity contribution in [2.75, 3.05) is 0 Å². The Kier molecular flexibility index (Phi) is 1.67. The molecule has 18 heavy (non-hydrogen) atoms. The Bertz CT molecular complexity index is 811. The van der Waals surface area contributed by atoms with E-state index < -0.39 is 0 Å². The van der Waals surface area contributed by atoms with Gasteiger partial charge < -0.3 is 0 Å². The maximum Gasteiger partial charge on any atom is 0.263 e. The lowest BCUT2D eigenvalue weighted by Gasteiger charge is -1.99. The summed E-state index contributed by atoms with van der Waals surface area (Å²) in [7, 11) is 0. The van der Waals surface area contributed by atoms with Gasteiger partial charge in [0, 0.05) is 16.5 Å². The fourth-order valence-corrected chi connectivity index (χ4v) is 2.77. The van der Waals surface area contributed by atoms with E-state index in [1.165, 1.54) is 5.56 Å². The van der Waals surface area contributed by atoms with Gasteiger partial charge in [0.05, 0.1) is 11.2 Å². The van der Waals surface area contributed by atoms with E-state index in [2.05, 4.69) is 19.1 Å². The number of benzene rings is 2. The predicted molar refractivity (Wildman–Crippen MR) is 71.8 cm³/mol. The van der Waals surface area contributed by atoms with Crippen LogP contribution in [-0.4, -0.2) is 10.5 Å². The first-order valence-electron chi connectivity index (χ1n) is 6.02. The molecule has 1 aromatic heterocycles. The van der Waals surface area contributed by atoms with E-state index in [-0.39, 0.29) is 5.91 Å². The fraction of sp³-hybridized carbons (Fsp3) is 0.0625. The number of hydrogen-bond donors (Lipinski definition) is 0. The van der Waals surface area contributed by atoms with Crippen LogP contribution >= 0.6 is 0 Å². The molecule has 2 aromatic carbocycles. The molecule has 0 saturated carbocycles. The highest BCUT2D eigenvalue weighted by Crippen LogP contribution is 2.36. The van der Waals surface area contributed by atoms with E-state index in [1.807, 2.05) is 41.0 Å². The summed E-state index contributed by atoms with van der Waals surface area (Å²) in [6, 6.07) is 16.1. The molecule has 1 aliphatic heterocycles. The maximum atomic E-state index is 12.4. The number of hydrogen-bond acceptors (Lipinski definition) is 1. The summed E-state index contributed by atoms with van der Waals surface area (Å²) >= 11 is 0. The van der Waals surface area contributed by atoms with Gasteiger partial charge in [-0.1, -0.05) is 29.8 Å². The number of rotatable bonds is 0. The second-order valence-corrected chi connectivity index (χ2v) is 4.78. The molecule has 0 atom stereocenters. The maximum absolute atomic E-state index is 12.4. The van der Waals surface area contributed by atoms with E-state index in [4.69, 9.17) is 0 Å². The largest absolute Gasteiger partial charge is 0.276 e. The van der Waals surface area contributed by atoms with Crippen molar-refractivity contribution in [1.82, 2.24) is 4.57 Å². The topological polar surface area (TPSA) is 22.0 Å².